The van der Waals surface area contributed by atoms with E-state index in [2.05, 4.69) is 4.98 Å². The Labute approximate surface area is 197 Å². The van der Waals surface area contributed by atoms with Crippen LogP contribution in [0.1, 0.15) is 24.0 Å². The van der Waals surface area contributed by atoms with Crippen LogP contribution in [0, 0.1) is 11.7 Å². The quantitative estimate of drug-likeness (QED) is 0.566. The highest BCUT2D eigenvalue weighted by Gasteiger charge is 2.45. The zero-order valence-corrected chi connectivity index (χ0v) is 18.9. The minimum absolute atomic E-state index is 0.0125. The average molecular weight is 502 g/mol. The first-order valence-corrected chi connectivity index (χ1v) is 11.8. The fraction of sp³-hybridized carbons (Fsp3) is 0.409. The van der Waals surface area contributed by atoms with Crippen molar-refractivity contribution in [3.8, 4) is 0 Å². The molecule has 2 amide bonds. The molecular formula is C22H20ClF4N3O2S. The van der Waals surface area contributed by atoms with Gasteiger partial charge >= 0.3 is 6.18 Å². The standard InChI is InChI=1S/C22H20ClF4N3O2S/c23-16-9-17(24)20(28-10-16)30-12-18(31)29(19(21(30)32)14-5-7-33-8-6-14)11-13-1-3-15(4-2-13)22(25,26)27/h1-4,9-10,14,19H,5-8,11-12H2. The van der Waals surface area contributed by atoms with Gasteiger partial charge in [0.25, 0.3) is 5.91 Å². The third-order valence-electron chi connectivity index (χ3n) is 5.86. The second kappa shape index (κ2) is 9.50. The lowest BCUT2D eigenvalue weighted by Gasteiger charge is -2.44. The Morgan fingerprint density at radius 3 is 2.39 bits per heavy atom. The van der Waals surface area contributed by atoms with Gasteiger partial charge in [0.15, 0.2) is 11.6 Å². The number of halogens is 5. The highest BCUT2D eigenvalue weighted by Crippen LogP contribution is 2.34. The van der Waals surface area contributed by atoms with Crippen LogP contribution in [0.5, 0.6) is 0 Å². The van der Waals surface area contributed by atoms with Gasteiger partial charge in [-0.25, -0.2) is 9.37 Å². The number of carbonyl (C=O) groups excluding carboxylic acids is 2. The van der Waals surface area contributed by atoms with Gasteiger partial charge in [-0.2, -0.15) is 24.9 Å². The maximum absolute atomic E-state index is 14.5. The number of benzene rings is 1. The van der Waals surface area contributed by atoms with Gasteiger partial charge in [0, 0.05) is 12.7 Å². The van der Waals surface area contributed by atoms with Crippen LogP contribution in [0.4, 0.5) is 23.4 Å². The van der Waals surface area contributed by atoms with Crippen LogP contribution in [0.3, 0.4) is 0 Å². The highest BCUT2D eigenvalue weighted by molar-refractivity contribution is 7.99. The van der Waals surface area contributed by atoms with E-state index in [4.69, 9.17) is 11.6 Å². The first-order valence-electron chi connectivity index (χ1n) is 10.3. The molecule has 0 radical (unpaired) electrons. The summed E-state index contributed by atoms with van der Waals surface area (Å²) in [6, 6.07) is 4.70. The van der Waals surface area contributed by atoms with Crippen LogP contribution in [-0.4, -0.2) is 45.8 Å². The van der Waals surface area contributed by atoms with E-state index in [-0.39, 0.29) is 23.3 Å². The SMILES string of the molecule is O=C1C(C2CCSCC2)N(Cc2ccc(C(F)(F)F)cc2)C(=O)CN1c1ncc(Cl)cc1F. The van der Waals surface area contributed by atoms with Crippen LogP contribution in [0.25, 0.3) is 0 Å². The predicted octanol–water partition coefficient (Wildman–Crippen LogP) is 4.78. The molecule has 2 aliphatic heterocycles. The number of carbonyl (C=O) groups is 2. The molecule has 2 aliphatic rings. The molecule has 11 heteroatoms. The second-order valence-electron chi connectivity index (χ2n) is 7.99. The Balaban J connectivity index is 1.64. The van der Waals surface area contributed by atoms with Crippen LogP contribution < -0.4 is 4.90 Å². The van der Waals surface area contributed by atoms with Crippen molar-refractivity contribution in [2.24, 2.45) is 5.92 Å². The summed E-state index contributed by atoms with van der Waals surface area (Å²) in [4.78, 5) is 33.1. The number of aromatic nitrogens is 1. The third-order valence-corrected chi connectivity index (χ3v) is 7.11. The maximum atomic E-state index is 14.5. The van der Waals surface area contributed by atoms with Crippen molar-refractivity contribution in [2.75, 3.05) is 23.0 Å². The van der Waals surface area contributed by atoms with Gasteiger partial charge in [0.2, 0.25) is 5.91 Å². The van der Waals surface area contributed by atoms with E-state index < -0.39 is 42.0 Å². The number of anilines is 1. The third kappa shape index (κ3) is 5.11. The number of pyridine rings is 1. The number of alkyl halides is 3. The van der Waals surface area contributed by atoms with Gasteiger partial charge in [-0.1, -0.05) is 23.7 Å². The summed E-state index contributed by atoms with van der Waals surface area (Å²) in [5.41, 5.74) is -0.313. The molecule has 176 valence electrons. The maximum Gasteiger partial charge on any atom is 0.416 e. The summed E-state index contributed by atoms with van der Waals surface area (Å²) in [6.45, 7) is -0.426. The first-order chi connectivity index (χ1) is 15.6. The lowest BCUT2D eigenvalue weighted by molar-refractivity contribution is -0.146. The molecule has 33 heavy (non-hydrogen) atoms. The zero-order chi connectivity index (χ0) is 23.8. The number of thioether (sulfide) groups is 1. The van der Waals surface area contributed by atoms with Gasteiger partial charge in [-0.05, 0) is 54.0 Å². The van der Waals surface area contributed by atoms with Crippen LogP contribution >= 0.6 is 23.4 Å². The minimum atomic E-state index is -4.46. The van der Waals surface area contributed by atoms with Crippen LogP contribution in [0.2, 0.25) is 5.02 Å². The molecular weight excluding hydrogens is 482 g/mol. The van der Waals surface area contributed by atoms with Crippen molar-refractivity contribution < 1.29 is 27.2 Å². The minimum Gasteiger partial charge on any atom is -0.324 e. The summed E-state index contributed by atoms with van der Waals surface area (Å²) in [5, 5.41) is 0.0665. The summed E-state index contributed by atoms with van der Waals surface area (Å²) in [5.74, 6) is -0.439. The molecule has 0 saturated carbocycles. The van der Waals surface area contributed by atoms with Gasteiger partial charge in [-0.15, -0.1) is 0 Å². The lowest BCUT2D eigenvalue weighted by atomic mass is 9.89. The van der Waals surface area contributed by atoms with Crippen LogP contribution in [-0.2, 0) is 22.3 Å². The predicted molar refractivity (Wildman–Crippen MR) is 117 cm³/mol. The Bertz CT molecular complexity index is 1040. The molecule has 2 saturated heterocycles. The molecule has 1 aromatic heterocycles. The average Bonchev–Trinajstić information content (AvgIpc) is 2.77. The largest absolute Gasteiger partial charge is 0.416 e. The summed E-state index contributed by atoms with van der Waals surface area (Å²) in [7, 11) is 0. The molecule has 1 aromatic carbocycles. The summed E-state index contributed by atoms with van der Waals surface area (Å²) < 4.78 is 53.2. The number of hydrogen-bond acceptors (Lipinski definition) is 4. The van der Waals surface area contributed by atoms with Crippen molar-refractivity contribution in [1.82, 2.24) is 9.88 Å². The second-order valence-corrected chi connectivity index (χ2v) is 9.66. The number of rotatable bonds is 4. The van der Waals surface area contributed by atoms with E-state index in [9.17, 15) is 27.2 Å². The van der Waals surface area contributed by atoms with Crippen LogP contribution in [0.15, 0.2) is 36.5 Å². The van der Waals surface area contributed by atoms with Crippen molar-refractivity contribution in [3.05, 3.63) is 58.5 Å². The van der Waals surface area contributed by atoms with Gasteiger partial charge in [-0.3, -0.25) is 14.5 Å². The molecule has 0 aliphatic carbocycles. The van der Waals surface area contributed by atoms with Gasteiger partial charge in [0.05, 0.1) is 10.6 Å². The monoisotopic (exact) mass is 501 g/mol. The highest BCUT2D eigenvalue weighted by atomic mass is 35.5. The van der Waals surface area contributed by atoms with E-state index in [1.807, 2.05) is 0 Å². The number of nitrogens with zero attached hydrogens (tertiary/aromatic N) is 3. The Hall–Kier alpha value is -2.33. The number of amides is 2. The normalized spacial score (nSPS) is 20.5. The number of hydrogen-bond donors (Lipinski definition) is 0. The van der Waals surface area contributed by atoms with Crippen molar-refractivity contribution in [3.63, 3.8) is 0 Å². The molecule has 1 unspecified atom stereocenters. The van der Waals surface area contributed by atoms with E-state index in [0.717, 1.165) is 34.6 Å². The van der Waals surface area contributed by atoms with Crippen molar-refractivity contribution >= 4 is 41.0 Å². The zero-order valence-electron chi connectivity index (χ0n) is 17.3. The van der Waals surface area contributed by atoms with E-state index in [1.54, 1.807) is 11.8 Å². The Morgan fingerprint density at radius 1 is 1.12 bits per heavy atom. The molecule has 0 spiro atoms. The van der Waals surface area contributed by atoms with Gasteiger partial charge < -0.3 is 4.90 Å². The molecule has 2 fully saturated rings. The fourth-order valence-corrected chi connectivity index (χ4v) is 5.49. The Morgan fingerprint density at radius 2 is 1.79 bits per heavy atom. The van der Waals surface area contributed by atoms with E-state index >= 15 is 0 Å². The Kier molecular flexibility index (Phi) is 6.86. The molecule has 4 rings (SSSR count). The molecule has 3 heterocycles. The number of piperazine rings is 1. The molecule has 0 bridgehead atoms. The van der Waals surface area contributed by atoms with Crippen molar-refractivity contribution in [1.29, 1.82) is 0 Å². The fourth-order valence-electron chi connectivity index (χ4n) is 4.21. The van der Waals surface area contributed by atoms with E-state index in [0.29, 0.717) is 18.4 Å². The summed E-state index contributed by atoms with van der Waals surface area (Å²) in [6.07, 6.45) is -1.86. The topological polar surface area (TPSA) is 53.5 Å². The molecule has 1 atom stereocenters. The molecule has 2 aromatic rings. The molecule has 5 nitrogen and oxygen atoms in total. The molecule has 0 N–H and O–H groups in total. The van der Waals surface area contributed by atoms with E-state index in [1.165, 1.54) is 23.2 Å². The summed E-state index contributed by atoms with van der Waals surface area (Å²) >= 11 is 7.52. The smallest absolute Gasteiger partial charge is 0.324 e. The first kappa shape index (κ1) is 23.8. The lowest BCUT2D eigenvalue weighted by Crippen LogP contribution is -2.62. The van der Waals surface area contributed by atoms with Crippen molar-refractivity contribution in [2.45, 2.75) is 31.6 Å². The van der Waals surface area contributed by atoms with Gasteiger partial charge in [0.1, 0.15) is 12.6 Å².